The van der Waals surface area contributed by atoms with Crippen molar-refractivity contribution in [3.63, 3.8) is 0 Å². The topological polar surface area (TPSA) is 12.0 Å². The van der Waals surface area contributed by atoms with Crippen LogP contribution < -0.4 is 5.32 Å². The molecule has 0 aliphatic heterocycles. The summed E-state index contributed by atoms with van der Waals surface area (Å²) in [5, 5.41) is 4.89. The smallest absolute Gasteiger partial charge is 0.0452 e. The minimum atomic E-state index is 0.580. The van der Waals surface area contributed by atoms with E-state index in [1.807, 2.05) is 18.2 Å². The molecule has 1 atom stereocenters. The molecule has 1 N–H and O–H groups in total. The van der Waals surface area contributed by atoms with Gasteiger partial charge < -0.3 is 5.32 Å². The Morgan fingerprint density at radius 2 is 2.06 bits per heavy atom. The van der Waals surface area contributed by atoms with Crippen molar-refractivity contribution in [3.05, 3.63) is 33.8 Å². The molecule has 3 heteroatoms. The van der Waals surface area contributed by atoms with Crippen molar-refractivity contribution in [3.8, 4) is 0 Å². The van der Waals surface area contributed by atoms with E-state index in [-0.39, 0.29) is 0 Å². The van der Waals surface area contributed by atoms with Crippen LogP contribution >= 0.6 is 23.2 Å². The molecule has 90 valence electrons. The molecular weight excluding hydrogens is 241 g/mol. The van der Waals surface area contributed by atoms with Gasteiger partial charge in [-0.1, -0.05) is 36.2 Å². The van der Waals surface area contributed by atoms with Crippen molar-refractivity contribution in [2.24, 2.45) is 0 Å². The molecule has 0 aromatic heterocycles. The Balaban J connectivity index is 2.37. The third-order valence-corrected chi connectivity index (χ3v) is 3.24. The maximum Gasteiger partial charge on any atom is 0.0452 e. The van der Waals surface area contributed by atoms with Crippen molar-refractivity contribution in [2.45, 2.75) is 39.2 Å². The highest BCUT2D eigenvalue weighted by atomic mass is 35.5. The van der Waals surface area contributed by atoms with Gasteiger partial charge in [-0.15, -0.1) is 0 Å². The van der Waals surface area contributed by atoms with Crippen LogP contribution in [-0.2, 0) is 6.42 Å². The lowest BCUT2D eigenvalue weighted by molar-refractivity contribution is 0.512. The van der Waals surface area contributed by atoms with Gasteiger partial charge in [0, 0.05) is 16.1 Å². The van der Waals surface area contributed by atoms with E-state index in [4.69, 9.17) is 23.2 Å². The Bertz CT molecular complexity index is 326. The van der Waals surface area contributed by atoms with Crippen molar-refractivity contribution in [1.29, 1.82) is 0 Å². The van der Waals surface area contributed by atoms with Gasteiger partial charge in [-0.05, 0) is 50.4 Å². The van der Waals surface area contributed by atoms with Crippen LogP contribution in [0.3, 0.4) is 0 Å². The van der Waals surface area contributed by atoms with Crippen LogP contribution in [-0.4, -0.2) is 12.6 Å². The van der Waals surface area contributed by atoms with Crippen LogP contribution in [0.4, 0.5) is 0 Å². The molecule has 1 rings (SSSR count). The summed E-state index contributed by atoms with van der Waals surface area (Å²) in [6.45, 7) is 5.38. The second kappa shape index (κ2) is 7.16. The van der Waals surface area contributed by atoms with Crippen LogP contribution in [0, 0.1) is 0 Å². The molecule has 1 aromatic carbocycles. The molecular formula is C13H19Cl2N. The van der Waals surface area contributed by atoms with E-state index in [2.05, 4.69) is 19.2 Å². The Morgan fingerprint density at radius 3 is 2.69 bits per heavy atom. The van der Waals surface area contributed by atoms with Crippen molar-refractivity contribution < 1.29 is 0 Å². The summed E-state index contributed by atoms with van der Waals surface area (Å²) in [5.41, 5.74) is 1.19. The second-order valence-electron chi connectivity index (χ2n) is 4.09. The van der Waals surface area contributed by atoms with Gasteiger partial charge in [-0.25, -0.2) is 0 Å². The van der Waals surface area contributed by atoms with Crippen LogP contribution in [0.25, 0.3) is 0 Å². The maximum atomic E-state index is 6.11. The zero-order chi connectivity index (χ0) is 12.0. The highest BCUT2D eigenvalue weighted by Crippen LogP contribution is 2.22. The van der Waals surface area contributed by atoms with Gasteiger partial charge in [0.05, 0.1) is 0 Å². The molecule has 0 spiro atoms. The molecule has 1 nitrogen and oxygen atoms in total. The third kappa shape index (κ3) is 4.73. The molecule has 0 aliphatic carbocycles. The van der Waals surface area contributed by atoms with E-state index in [1.165, 1.54) is 12.0 Å². The molecule has 1 aromatic rings. The van der Waals surface area contributed by atoms with E-state index in [0.717, 1.165) is 24.4 Å². The summed E-state index contributed by atoms with van der Waals surface area (Å²) < 4.78 is 0. The first-order valence-electron chi connectivity index (χ1n) is 5.80. The number of benzene rings is 1. The summed E-state index contributed by atoms with van der Waals surface area (Å²) in [6.07, 6.45) is 3.34. The van der Waals surface area contributed by atoms with Crippen molar-refractivity contribution >= 4 is 23.2 Å². The van der Waals surface area contributed by atoms with Crippen LogP contribution in [0.2, 0.25) is 10.0 Å². The number of hydrogen-bond donors (Lipinski definition) is 1. The molecule has 0 bridgehead atoms. The molecule has 0 heterocycles. The van der Waals surface area contributed by atoms with Gasteiger partial charge in [-0.3, -0.25) is 0 Å². The molecule has 0 saturated carbocycles. The second-order valence-corrected chi connectivity index (χ2v) is 4.93. The normalized spacial score (nSPS) is 12.8. The number of rotatable bonds is 6. The lowest BCUT2D eigenvalue weighted by Gasteiger charge is -2.12. The first kappa shape index (κ1) is 13.8. The first-order valence-corrected chi connectivity index (χ1v) is 6.56. The third-order valence-electron chi connectivity index (χ3n) is 2.65. The average molecular weight is 260 g/mol. The fourth-order valence-corrected chi connectivity index (χ4v) is 2.28. The molecule has 0 fully saturated rings. The zero-order valence-electron chi connectivity index (χ0n) is 9.89. The van der Waals surface area contributed by atoms with E-state index < -0.39 is 0 Å². The summed E-state index contributed by atoms with van der Waals surface area (Å²) in [6, 6.07) is 6.31. The lowest BCUT2D eigenvalue weighted by atomic mass is 10.1. The standard InChI is InChI=1S/C13H19Cl2N/c1-3-16-10(2)5-4-6-11-7-8-12(14)9-13(11)15/h7-10,16H,3-6H2,1-2H3. The molecule has 0 aliphatic rings. The van der Waals surface area contributed by atoms with Crippen molar-refractivity contribution in [1.82, 2.24) is 5.32 Å². The van der Waals surface area contributed by atoms with Gasteiger partial charge in [-0.2, -0.15) is 0 Å². The molecule has 0 saturated heterocycles. The molecule has 0 amide bonds. The minimum absolute atomic E-state index is 0.580. The predicted molar refractivity (Wildman–Crippen MR) is 72.5 cm³/mol. The van der Waals surface area contributed by atoms with E-state index in [9.17, 15) is 0 Å². The number of hydrogen-bond acceptors (Lipinski definition) is 1. The number of halogens is 2. The molecule has 16 heavy (non-hydrogen) atoms. The Kier molecular flexibility index (Phi) is 6.18. The van der Waals surface area contributed by atoms with Crippen LogP contribution in [0.5, 0.6) is 0 Å². The van der Waals surface area contributed by atoms with Gasteiger partial charge in [0.25, 0.3) is 0 Å². The van der Waals surface area contributed by atoms with E-state index in [0.29, 0.717) is 11.1 Å². The van der Waals surface area contributed by atoms with Gasteiger partial charge >= 0.3 is 0 Å². The molecule has 1 unspecified atom stereocenters. The number of nitrogens with one attached hydrogen (secondary N) is 1. The summed E-state index contributed by atoms with van der Waals surface area (Å²) in [5.74, 6) is 0. The highest BCUT2D eigenvalue weighted by molar-refractivity contribution is 6.35. The van der Waals surface area contributed by atoms with E-state index >= 15 is 0 Å². The lowest BCUT2D eigenvalue weighted by Crippen LogP contribution is -2.25. The van der Waals surface area contributed by atoms with Crippen LogP contribution in [0.15, 0.2) is 18.2 Å². The fourth-order valence-electron chi connectivity index (χ4n) is 1.77. The zero-order valence-corrected chi connectivity index (χ0v) is 11.4. The fraction of sp³-hybridized carbons (Fsp3) is 0.538. The first-order chi connectivity index (χ1) is 7.63. The largest absolute Gasteiger partial charge is 0.315 e. The Labute approximate surface area is 108 Å². The number of aryl methyl sites for hydroxylation is 1. The highest BCUT2D eigenvalue weighted by Gasteiger charge is 2.03. The quantitative estimate of drug-likeness (QED) is 0.803. The minimum Gasteiger partial charge on any atom is -0.315 e. The summed E-state index contributed by atoms with van der Waals surface area (Å²) >= 11 is 12.0. The van der Waals surface area contributed by atoms with E-state index in [1.54, 1.807) is 0 Å². The van der Waals surface area contributed by atoms with Gasteiger partial charge in [0.1, 0.15) is 0 Å². The van der Waals surface area contributed by atoms with Gasteiger partial charge in [0.2, 0.25) is 0 Å². The summed E-state index contributed by atoms with van der Waals surface area (Å²) in [4.78, 5) is 0. The summed E-state index contributed by atoms with van der Waals surface area (Å²) in [7, 11) is 0. The van der Waals surface area contributed by atoms with Gasteiger partial charge in [0.15, 0.2) is 0 Å². The SMILES string of the molecule is CCNC(C)CCCc1ccc(Cl)cc1Cl. The maximum absolute atomic E-state index is 6.11. The average Bonchev–Trinajstić information content (AvgIpc) is 2.22. The Morgan fingerprint density at radius 1 is 1.31 bits per heavy atom. The monoisotopic (exact) mass is 259 g/mol. The Hall–Kier alpha value is -0.240. The molecule has 0 radical (unpaired) electrons. The predicted octanol–water partition coefficient (Wildman–Crippen LogP) is 4.31. The van der Waals surface area contributed by atoms with Crippen molar-refractivity contribution in [2.75, 3.05) is 6.54 Å². The van der Waals surface area contributed by atoms with Crippen LogP contribution in [0.1, 0.15) is 32.3 Å².